The molecule has 1 saturated carbocycles. The highest BCUT2D eigenvalue weighted by Crippen LogP contribution is 2.45. The molecule has 0 spiro atoms. The molecule has 2 atom stereocenters. The minimum Gasteiger partial charge on any atom is -0.459 e. The molecular formula is C27H28N2O3. The second-order valence-corrected chi connectivity index (χ2v) is 8.99. The Morgan fingerprint density at radius 1 is 1.03 bits per heavy atom. The van der Waals surface area contributed by atoms with Crippen molar-refractivity contribution < 1.29 is 14.3 Å². The molecule has 0 radical (unpaired) electrons. The van der Waals surface area contributed by atoms with Crippen molar-refractivity contribution in [1.82, 2.24) is 10.3 Å². The van der Waals surface area contributed by atoms with Gasteiger partial charge in [0.05, 0.1) is 17.2 Å². The average molecular weight is 429 g/mol. The van der Waals surface area contributed by atoms with Crippen LogP contribution in [0.15, 0.2) is 77.3 Å². The molecule has 0 saturated heterocycles. The average Bonchev–Trinajstić information content (AvgIpc) is 3.32. The molecule has 1 N–H and O–H groups in total. The van der Waals surface area contributed by atoms with Crippen molar-refractivity contribution in [3.05, 3.63) is 88.5 Å². The van der Waals surface area contributed by atoms with Crippen molar-refractivity contribution in [1.29, 1.82) is 0 Å². The second-order valence-electron chi connectivity index (χ2n) is 8.99. The Bertz CT molecular complexity index is 1080. The van der Waals surface area contributed by atoms with E-state index in [1.807, 2.05) is 43.3 Å². The number of Topliss-reactive ketones (excluding diaryl/α,β-unsaturated/α-hetero) is 1. The molecule has 32 heavy (non-hydrogen) atoms. The van der Waals surface area contributed by atoms with Gasteiger partial charge in [-0.1, -0.05) is 36.4 Å². The first-order valence-corrected chi connectivity index (χ1v) is 11.5. The molecule has 2 aliphatic carbocycles. The summed E-state index contributed by atoms with van der Waals surface area (Å²) in [4.78, 5) is 31.4. The lowest BCUT2D eigenvalue weighted by Crippen LogP contribution is -2.36. The number of nitrogens with zero attached hydrogens (tertiary/aromatic N) is 1. The van der Waals surface area contributed by atoms with Gasteiger partial charge in [-0.2, -0.15) is 0 Å². The van der Waals surface area contributed by atoms with Crippen molar-refractivity contribution in [2.45, 2.75) is 63.4 Å². The summed E-state index contributed by atoms with van der Waals surface area (Å²) in [5.74, 6) is -0.631. The summed E-state index contributed by atoms with van der Waals surface area (Å²) in [7, 11) is 0. The quantitative estimate of drug-likeness (QED) is 0.700. The van der Waals surface area contributed by atoms with Gasteiger partial charge in [0.2, 0.25) is 0 Å². The first kappa shape index (κ1) is 20.7. The van der Waals surface area contributed by atoms with E-state index in [0.29, 0.717) is 23.3 Å². The SMILES string of the molecule is CC1=C(C(=O)OC2CCCC2)[C@H](c2ccccn2)C2=C(C[C@@H](c3ccccc3)CC2=O)N1. The molecule has 0 unspecified atom stereocenters. The molecule has 2 aromatic rings. The van der Waals surface area contributed by atoms with Gasteiger partial charge in [0, 0.05) is 29.6 Å². The zero-order valence-electron chi connectivity index (χ0n) is 18.3. The van der Waals surface area contributed by atoms with E-state index in [9.17, 15) is 9.59 Å². The Kier molecular flexibility index (Phi) is 5.64. The number of nitrogens with one attached hydrogen (secondary N) is 1. The molecule has 5 heteroatoms. The van der Waals surface area contributed by atoms with Gasteiger partial charge < -0.3 is 10.1 Å². The molecule has 3 aliphatic rings. The molecule has 1 aromatic heterocycles. The number of allylic oxidation sites excluding steroid dienone is 3. The normalized spacial score (nSPS) is 23.7. The van der Waals surface area contributed by atoms with Crippen LogP contribution in [0.3, 0.4) is 0 Å². The number of benzene rings is 1. The standard InChI is InChI=1S/C27H28N2O3/c1-17-24(27(31)32-20-11-5-6-12-20)26(21-13-7-8-14-28-21)25-22(29-17)15-19(16-23(25)30)18-9-3-2-4-10-18/h2-4,7-10,13-14,19-20,26,29H,5-6,11-12,15-16H2,1H3/t19-,26+/m1/s1. The zero-order valence-corrected chi connectivity index (χ0v) is 18.3. The Labute approximate surface area is 188 Å². The van der Waals surface area contributed by atoms with E-state index in [1.54, 1.807) is 6.20 Å². The third-order valence-corrected chi connectivity index (χ3v) is 6.88. The number of carbonyl (C=O) groups excluding carboxylic acids is 2. The van der Waals surface area contributed by atoms with Gasteiger partial charge in [0.15, 0.2) is 5.78 Å². The number of ether oxygens (including phenoxy) is 1. The Hall–Kier alpha value is -3.21. The number of pyridine rings is 1. The smallest absolute Gasteiger partial charge is 0.337 e. The topological polar surface area (TPSA) is 68.3 Å². The predicted molar refractivity (Wildman–Crippen MR) is 122 cm³/mol. The Balaban J connectivity index is 1.53. The number of carbonyl (C=O) groups is 2. The Morgan fingerprint density at radius 3 is 2.50 bits per heavy atom. The van der Waals surface area contributed by atoms with Gasteiger partial charge in [-0.05, 0) is 62.6 Å². The molecule has 1 fully saturated rings. The largest absolute Gasteiger partial charge is 0.459 e. The molecule has 1 aromatic carbocycles. The molecule has 5 nitrogen and oxygen atoms in total. The first-order valence-electron chi connectivity index (χ1n) is 11.5. The maximum absolute atomic E-state index is 13.5. The van der Waals surface area contributed by atoms with Gasteiger partial charge in [0.1, 0.15) is 6.10 Å². The molecule has 164 valence electrons. The van der Waals surface area contributed by atoms with Crippen LogP contribution in [0.2, 0.25) is 0 Å². The van der Waals surface area contributed by atoms with Gasteiger partial charge in [-0.3, -0.25) is 9.78 Å². The monoisotopic (exact) mass is 428 g/mol. The highest BCUT2D eigenvalue weighted by atomic mass is 16.5. The lowest BCUT2D eigenvalue weighted by Gasteiger charge is -2.36. The first-order chi connectivity index (χ1) is 15.6. The third-order valence-electron chi connectivity index (χ3n) is 6.88. The lowest BCUT2D eigenvalue weighted by atomic mass is 9.73. The summed E-state index contributed by atoms with van der Waals surface area (Å²) < 4.78 is 5.88. The minimum atomic E-state index is -0.495. The third kappa shape index (κ3) is 3.88. The fourth-order valence-electron chi connectivity index (χ4n) is 5.33. The van der Waals surface area contributed by atoms with Crippen LogP contribution in [-0.4, -0.2) is 22.8 Å². The summed E-state index contributed by atoms with van der Waals surface area (Å²) in [6.07, 6.45) is 6.84. The van der Waals surface area contributed by atoms with Crippen LogP contribution < -0.4 is 5.32 Å². The van der Waals surface area contributed by atoms with E-state index < -0.39 is 5.92 Å². The van der Waals surface area contributed by atoms with E-state index in [1.165, 1.54) is 0 Å². The number of dihydropyridines is 1. The predicted octanol–water partition coefficient (Wildman–Crippen LogP) is 4.93. The summed E-state index contributed by atoms with van der Waals surface area (Å²) >= 11 is 0. The molecule has 2 heterocycles. The van der Waals surface area contributed by atoms with Crippen LogP contribution in [0.1, 0.15) is 68.5 Å². The van der Waals surface area contributed by atoms with Crippen LogP contribution in [0, 0.1) is 0 Å². The Morgan fingerprint density at radius 2 is 1.78 bits per heavy atom. The summed E-state index contributed by atoms with van der Waals surface area (Å²) in [5, 5.41) is 3.41. The van der Waals surface area contributed by atoms with Crippen molar-refractivity contribution in [2.24, 2.45) is 0 Å². The van der Waals surface area contributed by atoms with Crippen molar-refractivity contribution >= 4 is 11.8 Å². The van der Waals surface area contributed by atoms with Gasteiger partial charge in [0.25, 0.3) is 0 Å². The number of aromatic nitrogens is 1. The molecule has 0 bridgehead atoms. The van der Waals surface area contributed by atoms with Crippen molar-refractivity contribution in [2.75, 3.05) is 0 Å². The maximum atomic E-state index is 13.5. The van der Waals surface area contributed by atoms with Crippen LogP contribution in [0.25, 0.3) is 0 Å². The molecule has 5 rings (SSSR count). The summed E-state index contributed by atoms with van der Waals surface area (Å²) in [6.45, 7) is 1.90. The minimum absolute atomic E-state index is 0.0351. The number of ketones is 1. The highest BCUT2D eigenvalue weighted by molar-refractivity contribution is 6.04. The summed E-state index contributed by atoms with van der Waals surface area (Å²) in [5.41, 5.74) is 4.72. The number of hydrogen-bond donors (Lipinski definition) is 1. The molecule has 0 amide bonds. The van der Waals surface area contributed by atoms with E-state index in [-0.39, 0.29) is 23.8 Å². The van der Waals surface area contributed by atoms with Crippen molar-refractivity contribution in [3.8, 4) is 0 Å². The zero-order chi connectivity index (χ0) is 22.1. The number of rotatable bonds is 4. The van der Waals surface area contributed by atoms with Crippen LogP contribution >= 0.6 is 0 Å². The van der Waals surface area contributed by atoms with Gasteiger partial charge >= 0.3 is 5.97 Å². The number of hydrogen-bond acceptors (Lipinski definition) is 5. The fourth-order valence-corrected chi connectivity index (χ4v) is 5.33. The second kappa shape index (κ2) is 8.73. The van der Waals surface area contributed by atoms with Gasteiger partial charge in [-0.25, -0.2) is 4.79 Å². The lowest BCUT2D eigenvalue weighted by molar-refractivity contribution is -0.144. The fraction of sp³-hybridized carbons (Fsp3) is 0.370. The molecule has 1 aliphatic heterocycles. The maximum Gasteiger partial charge on any atom is 0.337 e. The summed E-state index contributed by atoms with van der Waals surface area (Å²) in [6, 6.07) is 15.8. The molecular weight excluding hydrogens is 400 g/mol. The van der Waals surface area contributed by atoms with Crippen molar-refractivity contribution in [3.63, 3.8) is 0 Å². The number of esters is 1. The van der Waals surface area contributed by atoms with E-state index in [4.69, 9.17) is 4.74 Å². The van der Waals surface area contributed by atoms with Crippen LogP contribution in [0.5, 0.6) is 0 Å². The van der Waals surface area contributed by atoms with Crippen LogP contribution in [0.4, 0.5) is 0 Å². The van der Waals surface area contributed by atoms with E-state index in [0.717, 1.165) is 49.1 Å². The van der Waals surface area contributed by atoms with Crippen LogP contribution in [-0.2, 0) is 14.3 Å². The van der Waals surface area contributed by atoms with E-state index in [2.05, 4.69) is 22.4 Å². The highest BCUT2D eigenvalue weighted by Gasteiger charge is 2.42. The van der Waals surface area contributed by atoms with E-state index >= 15 is 0 Å². The van der Waals surface area contributed by atoms with Gasteiger partial charge in [-0.15, -0.1) is 0 Å².